The van der Waals surface area contributed by atoms with E-state index in [1.807, 2.05) is 0 Å². The summed E-state index contributed by atoms with van der Waals surface area (Å²) in [7, 11) is -3.25. The van der Waals surface area contributed by atoms with Gasteiger partial charge in [-0.25, -0.2) is 22.0 Å². The molecule has 0 bridgehead atoms. The number of nitrogens with one attached hydrogen (secondary N) is 1. The van der Waals surface area contributed by atoms with Crippen LogP contribution in [0.2, 0.25) is 0 Å². The fourth-order valence-corrected chi connectivity index (χ4v) is 1.88. The predicted octanol–water partition coefficient (Wildman–Crippen LogP) is 0.503. The predicted molar refractivity (Wildman–Crippen MR) is 50.6 cm³/mol. The molecular weight excluding hydrogens is 260 g/mol. The molecule has 0 aliphatic rings. The molecule has 0 aromatic heterocycles. The number of rotatable bonds is 4. The Morgan fingerprint density at radius 3 is 2.47 bits per heavy atom. The molecule has 0 fully saturated rings. The van der Waals surface area contributed by atoms with E-state index in [1.165, 1.54) is 0 Å². The van der Waals surface area contributed by atoms with Crippen molar-refractivity contribution in [2.45, 2.75) is 4.90 Å². The Labute approximate surface area is 94.8 Å². The van der Waals surface area contributed by atoms with Crippen molar-refractivity contribution in [3.63, 3.8) is 0 Å². The average molecular weight is 267 g/mol. The molecular formula is C8H7F2NO5S. The molecule has 0 saturated heterocycles. The normalized spacial score (nSPS) is 11.5. The monoisotopic (exact) mass is 267 g/mol. The lowest BCUT2D eigenvalue weighted by Crippen LogP contribution is -2.23. The van der Waals surface area contributed by atoms with Gasteiger partial charge >= 0.3 is 5.97 Å². The fourth-order valence-electron chi connectivity index (χ4n) is 1.03. The van der Waals surface area contributed by atoms with E-state index in [0.29, 0.717) is 12.1 Å². The highest BCUT2D eigenvalue weighted by Gasteiger charge is 2.22. The largest absolute Gasteiger partial charge is 0.478 e. The second kappa shape index (κ2) is 4.73. The molecule has 6 nitrogen and oxygen atoms in total. The van der Waals surface area contributed by atoms with Gasteiger partial charge in [-0.2, -0.15) is 0 Å². The number of halogens is 2. The number of sulfonamides is 1. The summed E-state index contributed by atoms with van der Waals surface area (Å²) < 4.78 is 48.7. The van der Waals surface area contributed by atoms with Crippen LogP contribution in [0.4, 0.5) is 8.78 Å². The third-order valence-electron chi connectivity index (χ3n) is 1.74. The number of aromatic carboxylic acids is 1. The minimum absolute atomic E-state index is 0.350. The number of carboxylic acid groups (broad SMARTS) is 1. The maximum atomic E-state index is 13.0. The molecule has 0 radical (unpaired) electrons. The van der Waals surface area contributed by atoms with Crippen molar-refractivity contribution in [1.29, 1.82) is 0 Å². The van der Waals surface area contributed by atoms with Crippen molar-refractivity contribution in [3.8, 4) is 0 Å². The van der Waals surface area contributed by atoms with E-state index in [1.54, 1.807) is 4.89 Å². The van der Waals surface area contributed by atoms with Crippen LogP contribution in [0, 0.1) is 11.6 Å². The summed E-state index contributed by atoms with van der Waals surface area (Å²) in [6, 6.07) is 0.839. The van der Waals surface area contributed by atoms with Gasteiger partial charge in [-0.15, -0.1) is 0 Å². The molecule has 0 saturated carbocycles. The molecule has 1 aromatic rings. The number of benzene rings is 1. The van der Waals surface area contributed by atoms with Crippen LogP contribution in [0.3, 0.4) is 0 Å². The zero-order valence-corrected chi connectivity index (χ0v) is 9.22. The quantitative estimate of drug-likeness (QED) is 0.775. The summed E-state index contributed by atoms with van der Waals surface area (Å²) in [5.74, 6) is -4.99. The molecule has 17 heavy (non-hydrogen) atoms. The highest BCUT2D eigenvalue weighted by molar-refractivity contribution is 7.89. The number of hydrogen-bond donors (Lipinski definition) is 2. The number of carboxylic acids is 1. The van der Waals surface area contributed by atoms with E-state index >= 15 is 0 Å². The Hall–Kier alpha value is -1.58. The zero-order valence-electron chi connectivity index (χ0n) is 8.40. The lowest BCUT2D eigenvalue weighted by atomic mass is 10.2. The van der Waals surface area contributed by atoms with Crippen molar-refractivity contribution in [3.05, 3.63) is 29.3 Å². The molecule has 9 heteroatoms. The lowest BCUT2D eigenvalue weighted by Gasteiger charge is -2.06. The third kappa shape index (κ3) is 2.75. The second-order valence-corrected chi connectivity index (χ2v) is 4.51. The van der Waals surface area contributed by atoms with Crippen LogP contribution in [0.25, 0.3) is 0 Å². The van der Waals surface area contributed by atoms with Gasteiger partial charge in [-0.3, -0.25) is 4.84 Å². The fraction of sp³-hybridized carbons (Fsp3) is 0.125. The van der Waals surface area contributed by atoms with Crippen LogP contribution < -0.4 is 4.89 Å². The van der Waals surface area contributed by atoms with E-state index < -0.39 is 38.1 Å². The summed E-state index contributed by atoms with van der Waals surface area (Å²) >= 11 is 0. The molecule has 1 rings (SSSR count). The Morgan fingerprint density at radius 2 is 2.00 bits per heavy atom. The number of hydrogen-bond acceptors (Lipinski definition) is 4. The van der Waals surface area contributed by atoms with Gasteiger partial charge in [-0.1, -0.05) is 4.89 Å². The van der Waals surface area contributed by atoms with Gasteiger partial charge in [0.2, 0.25) is 0 Å². The highest BCUT2D eigenvalue weighted by Crippen LogP contribution is 2.18. The first kappa shape index (κ1) is 13.5. The topological polar surface area (TPSA) is 92.7 Å². The summed E-state index contributed by atoms with van der Waals surface area (Å²) in [5, 5.41) is 8.56. The number of carbonyl (C=O) groups is 1. The van der Waals surface area contributed by atoms with E-state index in [4.69, 9.17) is 5.11 Å². The molecule has 0 aliphatic carbocycles. The first-order valence-corrected chi connectivity index (χ1v) is 5.55. The van der Waals surface area contributed by atoms with Crippen LogP contribution >= 0.6 is 0 Å². The maximum absolute atomic E-state index is 13.0. The van der Waals surface area contributed by atoms with Gasteiger partial charge in [0.1, 0.15) is 0 Å². The summed E-state index contributed by atoms with van der Waals surface area (Å²) in [6.07, 6.45) is 0. The van der Waals surface area contributed by atoms with E-state index in [0.717, 1.165) is 7.11 Å². The third-order valence-corrected chi connectivity index (χ3v) is 2.98. The van der Waals surface area contributed by atoms with Gasteiger partial charge in [-0.05, 0) is 12.1 Å². The standard InChI is InChI=1S/C8H7F2NO5S/c1-16-11-17(14,15)4-2-5(8(12)13)7(10)6(9)3-4/h2-3,11H,1H3,(H,12,13). The van der Waals surface area contributed by atoms with Crippen LogP contribution in [-0.2, 0) is 14.9 Å². The summed E-state index contributed by atoms with van der Waals surface area (Å²) in [6.45, 7) is 0. The molecule has 0 spiro atoms. The zero-order chi connectivity index (χ0) is 13.2. The molecule has 0 unspecified atom stereocenters. The van der Waals surface area contributed by atoms with Gasteiger partial charge in [0.25, 0.3) is 10.0 Å². The first-order valence-electron chi connectivity index (χ1n) is 4.06. The Kier molecular flexibility index (Phi) is 3.76. The van der Waals surface area contributed by atoms with Gasteiger partial charge in [0, 0.05) is 0 Å². The lowest BCUT2D eigenvalue weighted by molar-refractivity contribution is 0.0690. The van der Waals surface area contributed by atoms with Crippen LogP contribution in [0.1, 0.15) is 10.4 Å². The van der Waals surface area contributed by atoms with E-state index in [-0.39, 0.29) is 0 Å². The van der Waals surface area contributed by atoms with E-state index in [2.05, 4.69) is 4.84 Å². The molecule has 0 amide bonds. The van der Waals surface area contributed by atoms with Crippen LogP contribution in [-0.4, -0.2) is 26.6 Å². The molecule has 0 atom stereocenters. The Bertz CT molecular complexity index is 557. The molecule has 0 heterocycles. The maximum Gasteiger partial charge on any atom is 0.338 e. The molecule has 1 aromatic carbocycles. The van der Waals surface area contributed by atoms with Crippen LogP contribution in [0.5, 0.6) is 0 Å². The van der Waals surface area contributed by atoms with Crippen molar-refractivity contribution in [2.24, 2.45) is 0 Å². The Balaban J connectivity index is 3.44. The van der Waals surface area contributed by atoms with Crippen molar-refractivity contribution >= 4 is 16.0 Å². The van der Waals surface area contributed by atoms with Crippen molar-refractivity contribution in [2.75, 3.05) is 7.11 Å². The average Bonchev–Trinajstić information content (AvgIpc) is 2.21. The SMILES string of the molecule is CONS(=O)(=O)c1cc(F)c(F)c(C(=O)O)c1. The molecule has 94 valence electrons. The van der Waals surface area contributed by atoms with Crippen molar-refractivity contribution in [1.82, 2.24) is 4.89 Å². The summed E-state index contributed by atoms with van der Waals surface area (Å²) in [4.78, 5) is 15.5. The Morgan fingerprint density at radius 1 is 1.41 bits per heavy atom. The minimum atomic E-state index is -4.25. The van der Waals surface area contributed by atoms with Crippen LogP contribution in [0.15, 0.2) is 17.0 Å². The second-order valence-electron chi connectivity index (χ2n) is 2.86. The molecule has 0 aliphatic heterocycles. The minimum Gasteiger partial charge on any atom is -0.478 e. The van der Waals surface area contributed by atoms with Crippen molar-refractivity contribution < 1.29 is 31.9 Å². The first-order chi connectivity index (χ1) is 7.79. The van der Waals surface area contributed by atoms with Gasteiger partial charge < -0.3 is 5.11 Å². The van der Waals surface area contributed by atoms with Gasteiger partial charge in [0.05, 0.1) is 17.6 Å². The summed E-state index contributed by atoms with van der Waals surface area (Å²) in [5.41, 5.74) is -1.08. The highest BCUT2D eigenvalue weighted by atomic mass is 32.2. The van der Waals surface area contributed by atoms with Gasteiger partial charge in [0.15, 0.2) is 11.6 Å². The van der Waals surface area contributed by atoms with E-state index in [9.17, 15) is 22.0 Å². The smallest absolute Gasteiger partial charge is 0.338 e. The molecule has 2 N–H and O–H groups in total.